The van der Waals surface area contributed by atoms with Crippen LogP contribution < -0.4 is 11.3 Å². The smallest absolute Gasteiger partial charge is 0.251 e. The van der Waals surface area contributed by atoms with Crippen molar-refractivity contribution in [1.29, 1.82) is 5.41 Å². The van der Waals surface area contributed by atoms with Crippen molar-refractivity contribution in [2.75, 3.05) is 12.3 Å². The summed E-state index contributed by atoms with van der Waals surface area (Å²) in [5.74, 6) is -0.586. The van der Waals surface area contributed by atoms with E-state index >= 15 is 0 Å². The van der Waals surface area contributed by atoms with Crippen LogP contribution in [0.4, 0.5) is 10.1 Å². The number of hydrogen-bond acceptors (Lipinski definition) is 6. The van der Waals surface area contributed by atoms with Crippen LogP contribution in [0.15, 0.2) is 77.9 Å². The molecule has 0 aliphatic carbocycles. The number of benzene rings is 2. The Bertz CT molecular complexity index is 1550. The van der Waals surface area contributed by atoms with Gasteiger partial charge < -0.3 is 20.5 Å². The number of hydrogen-bond donors (Lipinski definition) is 4. The van der Waals surface area contributed by atoms with Gasteiger partial charge in [-0.25, -0.2) is 4.39 Å². The van der Waals surface area contributed by atoms with Gasteiger partial charge >= 0.3 is 0 Å². The van der Waals surface area contributed by atoms with Gasteiger partial charge in [0.2, 0.25) is 0 Å². The van der Waals surface area contributed by atoms with Crippen LogP contribution in [0.1, 0.15) is 42.3 Å². The van der Waals surface area contributed by atoms with Gasteiger partial charge in [-0.2, -0.15) is 0 Å². The van der Waals surface area contributed by atoms with E-state index in [0.29, 0.717) is 39.2 Å². The normalized spacial score (nSPS) is 12.4. The van der Waals surface area contributed by atoms with Gasteiger partial charge in [-0.15, -0.1) is 0 Å². The lowest BCUT2D eigenvalue weighted by Crippen LogP contribution is -2.26. The maximum absolute atomic E-state index is 13.6. The third-order valence-electron chi connectivity index (χ3n) is 6.12. The van der Waals surface area contributed by atoms with Crippen LogP contribution in [0, 0.1) is 11.2 Å². The van der Waals surface area contributed by atoms with Crippen molar-refractivity contribution < 1.29 is 14.6 Å². The SMILES string of the molecule is CC(C)(O)c1cc(C(=N)c2cc(-c3ccn([C@H](CO)c4ccc(F)c(Cl)c4)c(=O)c3)ccc2N)ccn1. The Labute approximate surface area is 218 Å². The van der Waals surface area contributed by atoms with Crippen molar-refractivity contribution in [3.05, 3.63) is 117 Å². The van der Waals surface area contributed by atoms with Crippen LogP contribution in [0.25, 0.3) is 11.1 Å². The quantitative estimate of drug-likeness (QED) is 0.211. The number of pyridine rings is 2. The summed E-state index contributed by atoms with van der Waals surface area (Å²) >= 11 is 5.89. The molecule has 0 bridgehead atoms. The summed E-state index contributed by atoms with van der Waals surface area (Å²) in [5, 5.41) is 28.9. The standard InChI is InChI=1S/C28H26ClFN4O3/c1-28(2,37)25-13-19(7-9-33-25)27(32)20-11-16(4-6-23(20)31)17-8-10-34(26(36)14-17)24(15-35)18-3-5-22(30)21(29)12-18/h3-14,24,32,35,37H,15,31H2,1-2H3/t24-/m1/s1. The van der Waals surface area contributed by atoms with Gasteiger partial charge in [0.25, 0.3) is 5.56 Å². The molecule has 2 heterocycles. The largest absolute Gasteiger partial charge is 0.398 e. The summed E-state index contributed by atoms with van der Waals surface area (Å²) in [4.78, 5) is 17.2. The van der Waals surface area contributed by atoms with E-state index in [2.05, 4.69) is 4.98 Å². The minimum Gasteiger partial charge on any atom is -0.398 e. The molecular formula is C28H26ClFN4O3. The second-order valence-corrected chi connectivity index (χ2v) is 9.61. The number of nitrogens with one attached hydrogen (secondary N) is 1. The van der Waals surface area contributed by atoms with Gasteiger partial charge in [0.15, 0.2) is 0 Å². The number of nitrogens with two attached hydrogens (primary N) is 1. The fourth-order valence-electron chi connectivity index (χ4n) is 4.03. The Morgan fingerprint density at radius 2 is 1.86 bits per heavy atom. The minimum absolute atomic E-state index is 0.0960. The predicted molar refractivity (Wildman–Crippen MR) is 143 cm³/mol. The van der Waals surface area contributed by atoms with E-state index in [4.69, 9.17) is 22.7 Å². The van der Waals surface area contributed by atoms with Crippen molar-refractivity contribution >= 4 is 23.0 Å². The fraction of sp³-hybridized carbons (Fsp3) is 0.179. The highest BCUT2D eigenvalue weighted by Crippen LogP contribution is 2.27. The second kappa shape index (κ2) is 10.3. The molecule has 4 aromatic rings. The summed E-state index contributed by atoms with van der Waals surface area (Å²) in [6, 6.07) is 14.9. The summed E-state index contributed by atoms with van der Waals surface area (Å²) in [7, 11) is 0. The Morgan fingerprint density at radius 1 is 1.14 bits per heavy atom. The molecule has 1 atom stereocenters. The van der Waals surface area contributed by atoms with Crippen LogP contribution in [-0.2, 0) is 5.60 Å². The maximum atomic E-state index is 13.6. The Balaban J connectivity index is 1.69. The topological polar surface area (TPSA) is 125 Å². The zero-order chi connectivity index (χ0) is 26.9. The van der Waals surface area contributed by atoms with E-state index in [1.807, 2.05) is 0 Å². The lowest BCUT2D eigenvalue weighted by molar-refractivity contribution is 0.0738. The maximum Gasteiger partial charge on any atom is 0.251 e. The summed E-state index contributed by atoms with van der Waals surface area (Å²) in [6.45, 7) is 2.85. The highest BCUT2D eigenvalue weighted by molar-refractivity contribution is 6.30. The van der Waals surface area contributed by atoms with E-state index in [1.165, 1.54) is 35.0 Å². The van der Waals surface area contributed by atoms with Crippen molar-refractivity contribution in [1.82, 2.24) is 9.55 Å². The third-order valence-corrected chi connectivity index (χ3v) is 6.41. The summed E-state index contributed by atoms with van der Waals surface area (Å²) < 4.78 is 14.9. The van der Waals surface area contributed by atoms with Gasteiger partial charge in [0.1, 0.15) is 11.4 Å². The lowest BCUT2D eigenvalue weighted by atomic mass is 9.95. The van der Waals surface area contributed by atoms with E-state index in [-0.39, 0.29) is 22.9 Å². The summed E-state index contributed by atoms with van der Waals surface area (Å²) in [5.41, 5.74) is 8.36. The molecule has 0 radical (unpaired) electrons. The van der Waals surface area contributed by atoms with Gasteiger partial charge in [0.05, 0.1) is 29.1 Å². The number of aliphatic hydroxyl groups excluding tert-OH is 1. The number of nitrogen functional groups attached to an aromatic ring is 1. The first kappa shape index (κ1) is 26.2. The van der Waals surface area contributed by atoms with E-state index < -0.39 is 17.5 Å². The molecule has 2 aromatic heterocycles. The fourth-order valence-corrected chi connectivity index (χ4v) is 4.22. The molecule has 190 valence electrons. The predicted octanol–water partition coefficient (Wildman–Crippen LogP) is 4.51. The molecule has 4 rings (SSSR count). The minimum atomic E-state index is -1.17. The van der Waals surface area contributed by atoms with Crippen molar-refractivity contribution in [2.45, 2.75) is 25.5 Å². The molecule has 0 fully saturated rings. The molecule has 0 unspecified atom stereocenters. The van der Waals surface area contributed by atoms with E-state index in [0.717, 1.165) is 0 Å². The molecular weight excluding hydrogens is 495 g/mol. The molecule has 37 heavy (non-hydrogen) atoms. The number of nitrogens with zero attached hydrogens (tertiary/aromatic N) is 2. The Morgan fingerprint density at radius 3 is 2.51 bits per heavy atom. The Kier molecular flexibility index (Phi) is 7.27. The molecule has 0 spiro atoms. The highest BCUT2D eigenvalue weighted by atomic mass is 35.5. The second-order valence-electron chi connectivity index (χ2n) is 9.20. The monoisotopic (exact) mass is 520 g/mol. The first-order valence-electron chi connectivity index (χ1n) is 11.5. The van der Waals surface area contributed by atoms with Crippen LogP contribution >= 0.6 is 11.6 Å². The highest BCUT2D eigenvalue weighted by Gasteiger charge is 2.20. The van der Waals surface area contributed by atoms with Gasteiger partial charge in [-0.3, -0.25) is 15.2 Å². The average Bonchev–Trinajstić information content (AvgIpc) is 2.87. The van der Waals surface area contributed by atoms with Crippen molar-refractivity contribution in [2.24, 2.45) is 0 Å². The van der Waals surface area contributed by atoms with Crippen LogP contribution in [0.5, 0.6) is 0 Å². The molecule has 0 amide bonds. The number of rotatable bonds is 7. The first-order chi connectivity index (χ1) is 17.5. The van der Waals surface area contributed by atoms with Crippen LogP contribution in [0.2, 0.25) is 5.02 Å². The zero-order valence-electron chi connectivity index (χ0n) is 20.2. The van der Waals surface area contributed by atoms with E-state index in [9.17, 15) is 19.4 Å². The molecule has 9 heteroatoms. The van der Waals surface area contributed by atoms with E-state index in [1.54, 1.807) is 56.4 Å². The molecule has 0 saturated heterocycles. The van der Waals surface area contributed by atoms with Crippen LogP contribution in [-0.4, -0.2) is 32.1 Å². The first-order valence-corrected chi connectivity index (χ1v) is 11.8. The molecule has 0 aliphatic heterocycles. The number of halogens is 2. The molecule has 2 aromatic carbocycles. The zero-order valence-corrected chi connectivity index (χ0v) is 21.0. The molecule has 5 N–H and O–H groups in total. The number of aliphatic hydroxyl groups is 2. The Hall–Kier alpha value is -3.85. The van der Waals surface area contributed by atoms with Gasteiger partial charge in [-0.05, 0) is 73.0 Å². The average molecular weight is 521 g/mol. The molecule has 0 saturated carbocycles. The molecule has 7 nitrogen and oxygen atoms in total. The third kappa shape index (κ3) is 5.46. The van der Waals surface area contributed by atoms with Crippen molar-refractivity contribution in [3.63, 3.8) is 0 Å². The van der Waals surface area contributed by atoms with Gasteiger partial charge in [0, 0.05) is 35.3 Å². The number of anilines is 1. The number of aromatic nitrogens is 2. The molecule has 0 aliphatic rings. The van der Waals surface area contributed by atoms with Crippen LogP contribution in [0.3, 0.4) is 0 Å². The van der Waals surface area contributed by atoms with Crippen molar-refractivity contribution in [3.8, 4) is 11.1 Å². The van der Waals surface area contributed by atoms with Gasteiger partial charge in [-0.1, -0.05) is 23.7 Å². The summed E-state index contributed by atoms with van der Waals surface area (Å²) in [6.07, 6.45) is 3.08. The lowest BCUT2D eigenvalue weighted by Gasteiger charge is -2.19.